The van der Waals surface area contributed by atoms with Crippen LogP contribution in [0.1, 0.15) is 400 Å². The molecule has 6 nitrogen and oxygen atoms in total. The van der Waals surface area contributed by atoms with Crippen LogP contribution in [0.3, 0.4) is 0 Å². The molecule has 0 N–H and O–H groups in total. The molecule has 6 heteroatoms. The quantitative estimate of drug-likeness (QED) is 0.0261. The minimum atomic E-state index is -0.783. The van der Waals surface area contributed by atoms with Crippen molar-refractivity contribution in [2.24, 2.45) is 0 Å². The molecule has 0 spiro atoms. The Morgan fingerprint density at radius 2 is 0.463 bits per heavy atom. The van der Waals surface area contributed by atoms with Gasteiger partial charge in [0, 0.05) is 19.3 Å². The predicted molar refractivity (Wildman–Crippen MR) is 358 cm³/mol. The van der Waals surface area contributed by atoms with Crippen LogP contribution in [0.5, 0.6) is 0 Å². The molecule has 0 aliphatic rings. The van der Waals surface area contributed by atoms with Gasteiger partial charge in [0.05, 0.1) is 0 Å². The van der Waals surface area contributed by atoms with Crippen LogP contribution in [-0.4, -0.2) is 37.2 Å². The summed E-state index contributed by atoms with van der Waals surface area (Å²) in [5.41, 5.74) is 0. The number of unbranched alkanes of at least 4 members (excludes halogenated alkanes) is 49. The van der Waals surface area contributed by atoms with Gasteiger partial charge < -0.3 is 14.2 Å². The maximum Gasteiger partial charge on any atom is 0.306 e. The summed E-state index contributed by atoms with van der Waals surface area (Å²) in [6.07, 6.45) is 90.3. The topological polar surface area (TPSA) is 78.9 Å². The zero-order valence-electron chi connectivity index (χ0n) is 55.3. The van der Waals surface area contributed by atoms with Crippen LogP contribution >= 0.6 is 0 Å². The molecule has 0 fully saturated rings. The van der Waals surface area contributed by atoms with Gasteiger partial charge >= 0.3 is 17.9 Å². The number of carbonyl (C=O) groups excluding carboxylic acids is 3. The lowest BCUT2D eigenvalue weighted by Crippen LogP contribution is -2.30. The standard InChI is InChI=1S/C76H140O6/c1-4-7-10-13-16-19-22-25-27-29-30-31-32-33-34-35-36-37-38-39-40-41-42-43-44-45-47-48-51-54-57-60-63-66-69-75(78)81-72-73(71-80-74(77)68-65-62-59-56-53-50-24-21-18-15-12-9-6-3)82-76(79)70-67-64-61-58-55-52-49-46-28-26-23-20-17-14-11-8-5-2/h12,15,17,20-21,24,26,28,73H,4-11,13-14,16,18-19,22-23,25,27,29-72H2,1-3H3/b15-12-,20-17-,24-21-,28-26-. The average molecular weight is 1150 g/mol. The Morgan fingerprint density at radius 1 is 0.244 bits per heavy atom. The molecule has 0 amide bonds. The number of hydrogen-bond donors (Lipinski definition) is 0. The van der Waals surface area contributed by atoms with Gasteiger partial charge in [-0.05, 0) is 77.0 Å². The Bertz CT molecular complexity index is 1410. The van der Waals surface area contributed by atoms with Gasteiger partial charge in [-0.3, -0.25) is 14.4 Å². The lowest BCUT2D eigenvalue weighted by molar-refractivity contribution is -0.167. The monoisotopic (exact) mass is 1150 g/mol. The molecular weight excluding hydrogens is 1010 g/mol. The Kier molecular flexibility index (Phi) is 68.6. The third-order valence-corrected chi connectivity index (χ3v) is 16.5. The van der Waals surface area contributed by atoms with Gasteiger partial charge in [-0.25, -0.2) is 0 Å². The smallest absolute Gasteiger partial charge is 0.306 e. The summed E-state index contributed by atoms with van der Waals surface area (Å²) in [6.45, 7) is 6.60. The summed E-state index contributed by atoms with van der Waals surface area (Å²) in [7, 11) is 0. The molecule has 1 unspecified atom stereocenters. The molecule has 0 aromatic carbocycles. The molecule has 0 aromatic heterocycles. The van der Waals surface area contributed by atoms with Crippen LogP contribution in [0.15, 0.2) is 48.6 Å². The first-order chi connectivity index (χ1) is 40.5. The molecule has 0 aliphatic heterocycles. The van der Waals surface area contributed by atoms with Crippen LogP contribution in [0.25, 0.3) is 0 Å². The van der Waals surface area contributed by atoms with E-state index in [1.165, 1.54) is 263 Å². The highest BCUT2D eigenvalue weighted by Crippen LogP contribution is 2.19. The fourth-order valence-electron chi connectivity index (χ4n) is 11.0. The second-order valence-corrected chi connectivity index (χ2v) is 24.9. The first-order valence-corrected chi connectivity index (χ1v) is 36.6. The second-order valence-electron chi connectivity index (χ2n) is 24.9. The molecule has 480 valence electrons. The lowest BCUT2D eigenvalue weighted by Gasteiger charge is -2.18. The molecule has 82 heavy (non-hydrogen) atoms. The molecule has 0 rings (SSSR count). The maximum absolute atomic E-state index is 12.9. The van der Waals surface area contributed by atoms with Gasteiger partial charge in [-0.1, -0.05) is 352 Å². The van der Waals surface area contributed by atoms with E-state index in [-0.39, 0.29) is 31.1 Å². The van der Waals surface area contributed by atoms with Crippen LogP contribution < -0.4 is 0 Å². The van der Waals surface area contributed by atoms with E-state index in [2.05, 4.69) is 69.4 Å². The Hall–Kier alpha value is -2.63. The fraction of sp³-hybridized carbons (Fsp3) is 0.855. The predicted octanol–water partition coefficient (Wildman–Crippen LogP) is 25.3. The molecule has 0 radical (unpaired) electrons. The highest BCUT2D eigenvalue weighted by molar-refractivity contribution is 5.71. The molecule has 0 aliphatic carbocycles. The zero-order chi connectivity index (χ0) is 59.2. The van der Waals surface area contributed by atoms with Crippen LogP contribution in [0, 0.1) is 0 Å². The van der Waals surface area contributed by atoms with E-state index in [0.717, 1.165) is 96.3 Å². The van der Waals surface area contributed by atoms with E-state index in [9.17, 15) is 14.4 Å². The summed E-state index contributed by atoms with van der Waals surface area (Å²) in [5.74, 6) is -0.877. The normalized spacial score (nSPS) is 12.3. The van der Waals surface area contributed by atoms with Gasteiger partial charge in [0.15, 0.2) is 6.10 Å². The summed E-state index contributed by atoms with van der Waals surface area (Å²) in [6, 6.07) is 0. The number of hydrogen-bond acceptors (Lipinski definition) is 6. The summed E-state index contributed by atoms with van der Waals surface area (Å²) in [4.78, 5) is 38.4. The molecular formula is C76H140O6. The van der Waals surface area contributed by atoms with Crippen LogP contribution in [0.4, 0.5) is 0 Å². The SMILES string of the molecule is CCC/C=C\C/C=C\CCCCCCCC(=O)OCC(COC(=O)CCCCCCCCCCCCCCCCCCCCCCCCCCCCCCCCCCCC)OC(=O)CCCCCCCCC/C=C\C/C=C\CCCCC. The van der Waals surface area contributed by atoms with Gasteiger partial charge in [0.2, 0.25) is 0 Å². The minimum Gasteiger partial charge on any atom is -0.462 e. The van der Waals surface area contributed by atoms with Crippen molar-refractivity contribution in [3.63, 3.8) is 0 Å². The molecule has 0 aromatic rings. The van der Waals surface area contributed by atoms with Crippen molar-refractivity contribution in [1.82, 2.24) is 0 Å². The largest absolute Gasteiger partial charge is 0.462 e. The third-order valence-electron chi connectivity index (χ3n) is 16.5. The first-order valence-electron chi connectivity index (χ1n) is 36.6. The summed E-state index contributed by atoms with van der Waals surface area (Å²) < 4.78 is 17.0. The van der Waals surface area contributed by atoms with Crippen LogP contribution in [-0.2, 0) is 28.6 Å². The van der Waals surface area contributed by atoms with Crippen molar-refractivity contribution < 1.29 is 28.6 Å². The lowest BCUT2D eigenvalue weighted by atomic mass is 10.0. The van der Waals surface area contributed by atoms with Crippen molar-refractivity contribution >= 4 is 17.9 Å². The summed E-state index contributed by atoms with van der Waals surface area (Å²) in [5, 5.41) is 0. The molecule has 0 saturated heterocycles. The molecule has 0 bridgehead atoms. The van der Waals surface area contributed by atoms with Crippen molar-refractivity contribution in [3.05, 3.63) is 48.6 Å². The second kappa shape index (κ2) is 70.9. The average Bonchev–Trinajstić information content (AvgIpc) is 3.47. The number of allylic oxidation sites excluding steroid dienone is 8. The molecule has 0 heterocycles. The van der Waals surface area contributed by atoms with Gasteiger partial charge in [-0.15, -0.1) is 0 Å². The fourth-order valence-corrected chi connectivity index (χ4v) is 11.0. The Labute approximate surface area is 511 Å². The van der Waals surface area contributed by atoms with Crippen molar-refractivity contribution in [2.45, 2.75) is 406 Å². The van der Waals surface area contributed by atoms with Crippen LogP contribution in [0.2, 0.25) is 0 Å². The number of ether oxygens (including phenoxy) is 3. The van der Waals surface area contributed by atoms with Crippen molar-refractivity contribution in [1.29, 1.82) is 0 Å². The minimum absolute atomic E-state index is 0.0774. The van der Waals surface area contributed by atoms with Crippen molar-refractivity contribution in [2.75, 3.05) is 13.2 Å². The van der Waals surface area contributed by atoms with Gasteiger partial charge in [0.25, 0.3) is 0 Å². The Morgan fingerprint density at radius 3 is 0.744 bits per heavy atom. The molecule has 1 atom stereocenters. The number of esters is 3. The Balaban J connectivity index is 4.09. The highest BCUT2D eigenvalue weighted by Gasteiger charge is 2.19. The van der Waals surface area contributed by atoms with E-state index in [0.29, 0.717) is 19.3 Å². The van der Waals surface area contributed by atoms with E-state index >= 15 is 0 Å². The van der Waals surface area contributed by atoms with Crippen molar-refractivity contribution in [3.8, 4) is 0 Å². The number of rotatable bonds is 68. The first kappa shape index (κ1) is 79.4. The summed E-state index contributed by atoms with van der Waals surface area (Å²) >= 11 is 0. The van der Waals surface area contributed by atoms with E-state index < -0.39 is 6.10 Å². The zero-order valence-corrected chi connectivity index (χ0v) is 55.3. The highest BCUT2D eigenvalue weighted by atomic mass is 16.6. The number of carbonyl (C=O) groups is 3. The van der Waals surface area contributed by atoms with Gasteiger partial charge in [0.1, 0.15) is 13.2 Å². The third kappa shape index (κ3) is 68.2. The maximum atomic E-state index is 12.9. The van der Waals surface area contributed by atoms with E-state index in [1.54, 1.807) is 0 Å². The van der Waals surface area contributed by atoms with E-state index in [4.69, 9.17) is 14.2 Å². The molecule has 0 saturated carbocycles. The van der Waals surface area contributed by atoms with E-state index in [1.807, 2.05) is 0 Å². The van der Waals surface area contributed by atoms with Gasteiger partial charge in [-0.2, -0.15) is 0 Å².